The summed E-state index contributed by atoms with van der Waals surface area (Å²) in [4.78, 5) is 26.7. The van der Waals surface area contributed by atoms with E-state index in [1.54, 1.807) is 29.2 Å². The number of nitrogens with zero attached hydrogens (tertiary/aromatic N) is 1. The lowest BCUT2D eigenvalue weighted by molar-refractivity contribution is -0.137. The number of benzene rings is 2. The molecule has 2 amide bonds. The van der Waals surface area contributed by atoms with E-state index in [0.29, 0.717) is 37.6 Å². The summed E-state index contributed by atoms with van der Waals surface area (Å²) in [7, 11) is 0. The number of nitrogens with one attached hydrogen (secondary N) is 1. The Morgan fingerprint density at radius 2 is 1.80 bits per heavy atom. The van der Waals surface area contributed by atoms with Crippen LogP contribution in [0.25, 0.3) is 6.08 Å². The summed E-state index contributed by atoms with van der Waals surface area (Å²) in [5, 5.41) is 2.19. The Bertz CT molecular complexity index is 970. The second-order valence-electron chi connectivity index (χ2n) is 6.51. The van der Waals surface area contributed by atoms with Gasteiger partial charge < -0.3 is 15.0 Å². The molecule has 1 fully saturated rings. The topological polar surface area (TPSA) is 58.6 Å². The number of anilines is 1. The first kappa shape index (κ1) is 21.9. The number of carbonyl (C=O) groups excluding carboxylic acids is 2. The van der Waals surface area contributed by atoms with Gasteiger partial charge in [-0.15, -0.1) is 0 Å². The molecule has 1 N–H and O–H groups in total. The van der Waals surface area contributed by atoms with Crippen LogP contribution in [0.15, 0.2) is 48.5 Å². The molecule has 0 radical (unpaired) electrons. The summed E-state index contributed by atoms with van der Waals surface area (Å²) in [6.45, 7) is 1.81. The van der Waals surface area contributed by atoms with Crippen LogP contribution in [0.2, 0.25) is 5.02 Å². The third-order valence-electron chi connectivity index (χ3n) is 4.44. The van der Waals surface area contributed by atoms with Crippen LogP contribution in [-0.2, 0) is 15.7 Å². The SMILES string of the molecule is O=C(/C=C/c1ccc(Cl)c(C(F)(F)F)c1)Nc1ccccc1C(=O)N1CCOCC1. The molecule has 158 valence electrons. The van der Waals surface area contributed by atoms with Crippen LogP contribution in [-0.4, -0.2) is 43.0 Å². The van der Waals surface area contributed by atoms with Crippen molar-refractivity contribution in [3.05, 3.63) is 70.3 Å². The fraction of sp³-hybridized carbons (Fsp3) is 0.238. The maximum absolute atomic E-state index is 13.0. The van der Waals surface area contributed by atoms with Crippen molar-refractivity contribution in [2.75, 3.05) is 31.6 Å². The number of morpholine rings is 1. The molecule has 2 aromatic carbocycles. The monoisotopic (exact) mass is 438 g/mol. The van der Waals surface area contributed by atoms with Gasteiger partial charge in [-0.3, -0.25) is 9.59 Å². The second-order valence-corrected chi connectivity index (χ2v) is 6.92. The molecule has 1 aliphatic heterocycles. The van der Waals surface area contributed by atoms with Crippen LogP contribution in [0.1, 0.15) is 21.5 Å². The van der Waals surface area contributed by atoms with Crippen LogP contribution in [0.4, 0.5) is 18.9 Å². The number of ether oxygens (including phenoxy) is 1. The molecule has 0 saturated carbocycles. The predicted molar refractivity (Wildman–Crippen MR) is 107 cm³/mol. The van der Waals surface area contributed by atoms with Gasteiger partial charge in [-0.25, -0.2) is 0 Å². The minimum atomic E-state index is -4.60. The molecule has 30 heavy (non-hydrogen) atoms. The van der Waals surface area contributed by atoms with Gasteiger partial charge in [0.25, 0.3) is 5.91 Å². The molecular formula is C21H18ClF3N2O3. The molecule has 1 heterocycles. The summed E-state index contributed by atoms with van der Waals surface area (Å²) in [6.07, 6.45) is -2.26. The normalized spacial score (nSPS) is 14.7. The first-order chi connectivity index (χ1) is 14.3. The molecule has 9 heteroatoms. The molecule has 1 saturated heterocycles. The fourth-order valence-corrected chi connectivity index (χ4v) is 3.15. The summed E-state index contributed by atoms with van der Waals surface area (Å²) in [6, 6.07) is 9.91. The lowest BCUT2D eigenvalue weighted by Crippen LogP contribution is -2.41. The molecule has 0 bridgehead atoms. The molecule has 0 aromatic heterocycles. The van der Waals surface area contributed by atoms with Crippen LogP contribution in [0.3, 0.4) is 0 Å². The minimum absolute atomic E-state index is 0.166. The standard InChI is InChI=1S/C21H18ClF3N2O3/c22-17-7-5-14(13-16(17)21(23,24)25)6-8-19(28)26-18-4-2-1-3-15(18)20(29)27-9-11-30-12-10-27/h1-8,13H,9-12H2,(H,26,28)/b8-6+. The highest BCUT2D eigenvalue weighted by Gasteiger charge is 2.33. The highest BCUT2D eigenvalue weighted by molar-refractivity contribution is 6.31. The zero-order chi connectivity index (χ0) is 21.7. The van der Waals surface area contributed by atoms with Crippen molar-refractivity contribution in [1.29, 1.82) is 0 Å². The Morgan fingerprint density at radius 3 is 2.50 bits per heavy atom. The molecule has 0 aliphatic carbocycles. The summed E-state index contributed by atoms with van der Waals surface area (Å²) in [5.41, 5.74) is -0.171. The zero-order valence-corrected chi connectivity index (χ0v) is 16.5. The van der Waals surface area contributed by atoms with E-state index in [0.717, 1.165) is 18.2 Å². The first-order valence-electron chi connectivity index (χ1n) is 9.07. The number of halogens is 4. The lowest BCUT2D eigenvalue weighted by atomic mass is 10.1. The van der Waals surface area contributed by atoms with E-state index in [9.17, 15) is 22.8 Å². The van der Waals surface area contributed by atoms with Crippen LogP contribution in [0.5, 0.6) is 0 Å². The smallest absolute Gasteiger partial charge is 0.378 e. The number of amides is 2. The minimum Gasteiger partial charge on any atom is -0.378 e. The van der Waals surface area contributed by atoms with E-state index in [-0.39, 0.29) is 11.5 Å². The highest BCUT2D eigenvalue weighted by atomic mass is 35.5. The highest BCUT2D eigenvalue weighted by Crippen LogP contribution is 2.35. The number of rotatable bonds is 4. The van der Waals surface area contributed by atoms with E-state index in [4.69, 9.17) is 16.3 Å². The van der Waals surface area contributed by atoms with Crippen molar-refractivity contribution in [2.24, 2.45) is 0 Å². The zero-order valence-electron chi connectivity index (χ0n) is 15.7. The van der Waals surface area contributed by atoms with Crippen molar-refractivity contribution >= 4 is 35.2 Å². The van der Waals surface area contributed by atoms with E-state index in [2.05, 4.69) is 5.32 Å². The van der Waals surface area contributed by atoms with Gasteiger partial charge >= 0.3 is 6.18 Å². The van der Waals surface area contributed by atoms with Gasteiger partial charge in [-0.2, -0.15) is 13.2 Å². The number of hydrogen-bond acceptors (Lipinski definition) is 3. The Labute approximate surface area is 176 Å². The lowest BCUT2D eigenvalue weighted by Gasteiger charge is -2.27. The third kappa shape index (κ3) is 5.40. The molecule has 0 unspecified atom stereocenters. The maximum Gasteiger partial charge on any atom is 0.417 e. The van der Waals surface area contributed by atoms with Crippen molar-refractivity contribution in [3.8, 4) is 0 Å². The van der Waals surface area contributed by atoms with Crippen LogP contribution < -0.4 is 5.32 Å². The second kappa shape index (κ2) is 9.32. The Hall–Kier alpha value is -2.84. The Morgan fingerprint density at radius 1 is 1.10 bits per heavy atom. The van der Waals surface area contributed by atoms with E-state index < -0.39 is 22.7 Å². The number of para-hydroxylation sites is 1. The van der Waals surface area contributed by atoms with E-state index in [1.165, 1.54) is 12.1 Å². The first-order valence-corrected chi connectivity index (χ1v) is 9.45. The average Bonchev–Trinajstić information content (AvgIpc) is 2.73. The molecule has 2 aromatic rings. The largest absolute Gasteiger partial charge is 0.417 e. The molecule has 5 nitrogen and oxygen atoms in total. The van der Waals surface area contributed by atoms with Crippen molar-refractivity contribution in [2.45, 2.75) is 6.18 Å². The number of alkyl halides is 3. The summed E-state index contributed by atoms with van der Waals surface area (Å²) >= 11 is 5.59. The third-order valence-corrected chi connectivity index (χ3v) is 4.77. The van der Waals surface area contributed by atoms with Crippen LogP contribution >= 0.6 is 11.6 Å². The Balaban J connectivity index is 1.73. The average molecular weight is 439 g/mol. The van der Waals surface area contributed by atoms with Crippen molar-refractivity contribution in [3.63, 3.8) is 0 Å². The summed E-state index contributed by atoms with van der Waals surface area (Å²) < 4.78 is 44.1. The number of hydrogen-bond donors (Lipinski definition) is 1. The maximum atomic E-state index is 13.0. The Kier molecular flexibility index (Phi) is 6.79. The van der Waals surface area contributed by atoms with Gasteiger partial charge in [0.05, 0.1) is 35.1 Å². The summed E-state index contributed by atoms with van der Waals surface area (Å²) in [5.74, 6) is -0.813. The van der Waals surface area contributed by atoms with Gasteiger partial charge in [-0.05, 0) is 35.9 Å². The van der Waals surface area contributed by atoms with Gasteiger partial charge in [-0.1, -0.05) is 29.8 Å². The van der Waals surface area contributed by atoms with E-state index in [1.807, 2.05) is 0 Å². The quantitative estimate of drug-likeness (QED) is 0.716. The fourth-order valence-electron chi connectivity index (χ4n) is 2.93. The molecular weight excluding hydrogens is 421 g/mol. The van der Waals surface area contributed by atoms with Gasteiger partial charge in [0.15, 0.2) is 0 Å². The molecule has 1 aliphatic rings. The molecule has 0 atom stereocenters. The van der Waals surface area contributed by atoms with Crippen molar-refractivity contribution in [1.82, 2.24) is 4.90 Å². The van der Waals surface area contributed by atoms with Gasteiger partial charge in [0, 0.05) is 19.2 Å². The van der Waals surface area contributed by atoms with Gasteiger partial charge in [0.1, 0.15) is 0 Å². The molecule has 0 spiro atoms. The van der Waals surface area contributed by atoms with Gasteiger partial charge in [0.2, 0.25) is 5.91 Å². The van der Waals surface area contributed by atoms with E-state index >= 15 is 0 Å². The van der Waals surface area contributed by atoms with Crippen LogP contribution in [0, 0.1) is 0 Å². The number of carbonyl (C=O) groups is 2. The molecule has 3 rings (SSSR count). The predicted octanol–water partition coefficient (Wildman–Crippen LogP) is 4.48. The van der Waals surface area contributed by atoms with Crippen molar-refractivity contribution < 1.29 is 27.5 Å².